The molecular weight excluding hydrogens is 350 g/mol. The molecule has 2 aromatic rings. The van der Waals surface area contributed by atoms with Crippen LogP contribution in [-0.2, 0) is 22.7 Å². The number of benzene rings is 2. The molecule has 2 amide bonds. The van der Waals surface area contributed by atoms with Gasteiger partial charge in [-0.15, -0.1) is 0 Å². The van der Waals surface area contributed by atoms with Gasteiger partial charge in [0.2, 0.25) is 11.8 Å². The van der Waals surface area contributed by atoms with Crippen molar-refractivity contribution >= 4 is 24.0 Å². The number of hydrogen-bond donors (Lipinski definition) is 3. The number of carbonyl (C=O) groups excluding carboxylic acids is 2. The molecule has 0 spiro atoms. The molecule has 0 aliphatic heterocycles. The minimum atomic E-state index is -0.819. The van der Waals surface area contributed by atoms with E-state index in [2.05, 4.69) is 23.8 Å². The lowest BCUT2D eigenvalue weighted by Crippen LogP contribution is -2.41. The van der Waals surface area contributed by atoms with Gasteiger partial charge in [-0.05, 0) is 41.3 Å². The molecule has 1 unspecified atom stereocenters. The Labute approximate surface area is 166 Å². The van der Waals surface area contributed by atoms with E-state index in [-0.39, 0.29) is 18.4 Å². The number of nitrogens with one attached hydrogen (secondary N) is 2. The Morgan fingerprint density at radius 3 is 2.07 bits per heavy atom. The van der Waals surface area contributed by atoms with Crippen molar-refractivity contribution < 1.29 is 9.59 Å². The highest BCUT2D eigenvalue weighted by atomic mass is 16.2. The van der Waals surface area contributed by atoms with Crippen molar-refractivity contribution in [1.29, 1.82) is 0 Å². The summed E-state index contributed by atoms with van der Waals surface area (Å²) in [5.74, 6) is -1.47. The van der Waals surface area contributed by atoms with E-state index in [1.54, 1.807) is 12.2 Å². The summed E-state index contributed by atoms with van der Waals surface area (Å²) < 4.78 is 0. The molecule has 0 saturated carbocycles. The molecule has 28 heavy (non-hydrogen) atoms. The Bertz CT molecular complexity index is 828. The molecule has 0 aromatic heterocycles. The minimum absolute atomic E-state index is 0.255. The third kappa shape index (κ3) is 6.21. The lowest BCUT2D eigenvalue weighted by molar-refractivity contribution is -0.135. The molecule has 5 nitrogen and oxygen atoms in total. The molecule has 4 N–H and O–H groups in total. The second kappa shape index (κ2) is 10.8. The molecule has 0 aliphatic carbocycles. The average molecular weight is 377 g/mol. The third-order valence-corrected chi connectivity index (χ3v) is 4.42. The molecule has 0 bridgehead atoms. The van der Waals surface area contributed by atoms with Gasteiger partial charge in [0, 0.05) is 13.1 Å². The molecule has 2 aromatic carbocycles. The summed E-state index contributed by atoms with van der Waals surface area (Å²) in [6, 6.07) is 15.4. The van der Waals surface area contributed by atoms with Crippen LogP contribution >= 0.6 is 0 Å². The fourth-order valence-corrected chi connectivity index (χ4v) is 2.77. The third-order valence-electron chi connectivity index (χ3n) is 4.42. The standard InChI is InChI=1S/C23H27N3O2/c1-3-17-8-10-19(11-9-17)15-25-22(27)21(12-13-24)23(28)26-16-20-7-5-6-18(4-2)14-20/h3-11,14,21H,1-2,12-13,15-16,24H2,(H,25,27)(H,26,28). The molecule has 1 atom stereocenters. The van der Waals surface area contributed by atoms with E-state index in [9.17, 15) is 9.59 Å². The molecule has 0 fully saturated rings. The van der Waals surface area contributed by atoms with Gasteiger partial charge >= 0.3 is 0 Å². The molecule has 0 radical (unpaired) electrons. The Morgan fingerprint density at radius 2 is 1.50 bits per heavy atom. The Hall–Kier alpha value is -3.18. The van der Waals surface area contributed by atoms with E-state index >= 15 is 0 Å². The zero-order valence-corrected chi connectivity index (χ0v) is 16.0. The highest BCUT2D eigenvalue weighted by Gasteiger charge is 2.25. The van der Waals surface area contributed by atoms with Gasteiger partial charge in [-0.2, -0.15) is 0 Å². The van der Waals surface area contributed by atoms with Crippen LogP contribution in [0.15, 0.2) is 61.7 Å². The number of carbonyl (C=O) groups is 2. The van der Waals surface area contributed by atoms with Gasteiger partial charge in [0.15, 0.2) is 0 Å². The van der Waals surface area contributed by atoms with Gasteiger partial charge in [-0.25, -0.2) is 0 Å². The number of rotatable bonds is 10. The predicted octanol–water partition coefficient (Wildman–Crippen LogP) is 2.87. The second-order valence-electron chi connectivity index (χ2n) is 6.46. The van der Waals surface area contributed by atoms with Crippen LogP contribution in [-0.4, -0.2) is 18.4 Å². The van der Waals surface area contributed by atoms with Crippen molar-refractivity contribution in [2.75, 3.05) is 6.54 Å². The zero-order chi connectivity index (χ0) is 20.4. The van der Waals surface area contributed by atoms with Crippen molar-refractivity contribution in [2.24, 2.45) is 11.7 Å². The maximum atomic E-state index is 12.5. The van der Waals surface area contributed by atoms with Crippen LogP contribution in [0.5, 0.6) is 0 Å². The first kappa shape index (κ1) is 21.1. The average Bonchev–Trinajstić information content (AvgIpc) is 2.74. The fourth-order valence-electron chi connectivity index (χ4n) is 2.77. The molecule has 146 valence electrons. The topological polar surface area (TPSA) is 84.2 Å². The van der Waals surface area contributed by atoms with E-state index in [1.165, 1.54) is 0 Å². The van der Waals surface area contributed by atoms with Crippen LogP contribution in [0, 0.1) is 5.92 Å². The van der Waals surface area contributed by atoms with Crippen LogP contribution in [0.2, 0.25) is 0 Å². The first-order chi connectivity index (χ1) is 13.6. The normalized spacial score (nSPS) is 11.3. The smallest absolute Gasteiger partial charge is 0.232 e. The van der Waals surface area contributed by atoms with Crippen LogP contribution in [0.3, 0.4) is 0 Å². The fraction of sp³-hybridized carbons (Fsp3) is 0.217. The van der Waals surface area contributed by atoms with E-state index in [0.717, 1.165) is 22.3 Å². The van der Waals surface area contributed by atoms with Crippen molar-refractivity contribution in [1.82, 2.24) is 10.6 Å². The SMILES string of the molecule is C=Cc1ccc(CNC(=O)C(CCN)C(=O)NCc2cccc(C=C)c2)cc1. The summed E-state index contributed by atoms with van der Waals surface area (Å²) in [5, 5.41) is 5.65. The maximum absolute atomic E-state index is 12.5. The number of hydrogen-bond acceptors (Lipinski definition) is 3. The Balaban J connectivity index is 1.93. The highest BCUT2D eigenvalue weighted by Crippen LogP contribution is 2.09. The van der Waals surface area contributed by atoms with Gasteiger partial charge in [-0.3, -0.25) is 9.59 Å². The largest absolute Gasteiger partial charge is 0.351 e. The van der Waals surface area contributed by atoms with E-state index in [4.69, 9.17) is 5.73 Å². The maximum Gasteiger partial charge on any atom is 0.232 e. The van der Waals surface area contributed by atoms with E-state index in [0.29, 0.717) is 19.5 Å². The monoisotopic (exact) mass is 377 g/mol. The van der Waals surface area contributed by atoms with Crippen molar-refractivity contribution in [3.63, 3.8) is 0 Å². The lowest BCUT2D eigenvalue weighted by Gasteiger charge is -2.16. The second-order valence-corrected chi connectivity index (χ2v) is 6.46. The molecule has 0 aliphatic rings. The molecular formula is C23H27N3O2. The van der Waals surface area contributed by atoms with Gasteiger partial charge in [0.05, 0.1) is 0 Å². The predicted molar refractivity (Wildman–Crippen MR) is 114 cm³/mol. The van der Waals surface area contributed by atoms with Crippen LogP contribution < -0.4 is 16.4 Å². The summed E-state index contributed by atoms with van der Waals surface area (Å²) in [5.41, 5.74) is 9.49. The Morgan fingerprint density at radius 1 is 0.893 bits per heavy atom. The first-order valence-corrected chi connectivity index (χ1v) is 9.25. The zero-order valence-electron chi connectivity index (χ0n) is 16.0. The van der Waals surface area contributed by atoms with Crippen LogP contribution in [0.25, 0.3) is 12.2 Å². The molecule has 0 saturated heterocycles. The van der Waals surface area contributed by atoms with Gasteiger partial charge < -0.3 is 16.4 Å². The van der Waals surface area contributed by atoms with E-state index < -0.39 is 5.92 Å². The van der Waals surface area contributed by atoms with Crippen molar-refractivity contribution in [3.8, 4) is 0 Å². The first-order valence-electron chi connectivity index (χ1n) is 9.25. The van der Waals surface area contributed by atoms with Gasteiger partial charge in [0.25, 0.3) is 0 Å². The summed E-state index contributed by atoms with van der Waals surface area (Å²) in [6.45, 7) is 8.41. The van der Waals surface area contributed by atoms with E-state index in [1.807, 2.05) is 48.5 Å². The van der Waals surface area contributed by atoms with Crippen molar-refractivity contribution in [3.05, 3.63) is 83.9 Å². The minimum Gasteiger partial charge on any atom is -0.351 e. The Kier molecular flexibility index (Phi) is 8.18. The number of nitrogens with two attached hydrogens (primary N) is 1. The van der Waals surface area contributed by atoms with Crippen molar-refractivity contribution in [2.45, 2.75) is 19.5 Å². The van der Waals surface area contributed by atoms with Gasteiger partial charge in [-0.1, -0.05) is 67.8 Å². The summed E-state index contributed by atoms with van der Waals surface area (Å²) in [4.78, 5) is 25.1. The van der Waals surface area contributed by atoms with Gasteiger partial charge in [0.1, 0.15) is 5.92 Å². The highest BCUT2D eigenvalue weighted by molar-refractivity contribution is 6.00. The molecule has 5 heteroatoms. The lowest BCUT2D eigenvalue weighted by atomic mass is 10.0. The van der Waals surface area contributed by atoms with Crippen LogP contribution in [0.1, 0.15) is 28.7 Å². The van der Waals surface area contributed by atoms with Crippen LogP contribution in [0.4, 0.5) is 0 Å². The molecule has 0 heterocycles. The molecule has 2 rings (SSSR count). The summed E-state index contributed by atoms with van der Waals surface area (Å²) >= 11 is 0. The number of amides is 2. The summed E-state index contributed by atoms with van der Waals surface area (Å²) in [6.07, 6.45) is 3.80. The quantitative estimate of drug-likeness (QED) is 0.557. The summed E-state index contributed by atoms with van der Waals surface area (Å²) in [7, 11) is 0.